The monoisotopic (exact) mass is 390 g/mol. The first-order valence-electron chi connectivity index (χ1n) is 8.67. The second kappa shape index (κ2) is 9.53. The van der Waals surface area contributed by atoms with Crippen molar-refractivity contribution in [3.05, 3.63) is 66.4 Å². The lowest BCUT2D eigenvalue weighted by Gasteiger charge is -2.09. The third-order valence-electron chi connectivity index (χ3n) is 3.68. The first kappa shape index (κ1) is 19.4. The van der Waals surface area contributed by atoms with Crippen molar-refractivity contribution in [2.24, 2.45) is 0 Å². The van der Waals surface area contributed by atoms with Crippen LogP contribution in [0.5, 0.6) is 5.75 Å². The molecule has 1 aromatic carbocycles. The highest BCUT2D eigenvalue weighted by molar-refractivity contribution is 8.00. The summed E-state index contributed by atoms with van der Waals surface area (Å²) in [7, 11) is 0. The Morgan fingerprint density at radius 3 is 2.82 bits per heavy atom. The van der Waals surface area contributed by atoms with Crippen molar-refractivity contribution in [2.45, 2.75) is 11.9 Å². The van der Waals surface area contributed by atoms with Gasteiger partial charge in [-0.25, -0.2) is 4.98 Å². The van der Waals surface area contributed by atoms with Gasteiger partial charge in [-0.15, -0.1) is 0 Å². The van der Waals surface area contributed by atoms with E-state index in [1.54, 1.807) is 30.5 Å². The summed E-state index contributed by atoms with van der Waals surface area (Å²) in [5, 5.41) is 12.7. The molecule has 0 unspecified atom stereocenters. The van der Waals surface area contributed by atoms with Gasteiger partial charge < -0.3 is 10.1 Å². The summed E-state index contributed by atoms with van der Waals surface area (Å²) in [4.78, 5) is 21.1. The van der Waals surface area contributed by atoms with Gasteiger partial charge in [-0.3, -0.25) is 9.78 Å². The van der Waals surface area contributed by atoms with Crippen LogP contribution in [0.4, 0.5) is 5.69 Å². The van der Waals surface area contributed by atoms with Crippen molar-refractivity contribution in [1.29, 1.82) is 5.26 Å². The highest BCUT2D eigenvalue weighted by Gasteiger charge is 2.11. The van der Waals surface area contributed by atoms with E-state index in [0.29, 0.717) is 40.0 Å². The number of rotatable bonds is 7. The summed E-state index contributed by atoms with van der Waals surface area (Å²) in [6.07, 6.45) is 1.69. The number of thioether (sulfide) groups is 1. The maximum absolute atomic E-state index is 12.3. The Labute approximate surface area is 167 Å². The van der Waals surface area contributed by atoms with E-state index < -0.39 is 0 Å². The summed E-state index contributed by atoms with van der Waals surface area (Å²) in [6.45, 7) is 2.46. The largest absolute Gasteiger partial charge is 0.494 e. The molecule has 0 aliphatic heterocycles. The van der Waals surface area contributed by atoms with Gasteiger partial charge in [0.25, 0.3) is 0 Å². The summed E-state index contributed by atoms with van der Waals surface area (Å²) < 4.78 is 5.43. The molecule has 0 saturated carbocycles. The molecule has 1 N–H and O–H groups in total. The van der Waals surface area contributed by atoms with Crippen molar-refractivity contribution in [3.8, 4) is 23.2 Å². The number of nitrogens with one attached hydrogen (secondary N) is 1. The lowest BCUT2D eigenvalue weighted by molar-refractivity contribution is -0.113. The first-order valence-corrected chi connectivity index (χ1v) is 9.66. The highest BCUT2D eigenvalue weighted by atomic mass is 32.2. The van der Waals surface area contributed by atoms with E-state index in [9.17, 15) is 10.1 Å². The Kier molecular flexibility index (Phi) is 6.60. The zero-order valence-corrected chi connectivity index (χ0v) is 16.1. The highest BCUT2D eigenvalue weighted by Crippen LogP contribution is 2.25. The second-order valence-electron chi connectivity index (χ2n) is 5.67. The van der Waals surface area contributed by atoms with Gasteiger partial charge in [0.05, 0.1) is 29.3 Å². The summed E-state index contributed by atoms with van der Waals surface area (Å²) >= 11 is 1.22. The molecule has 6 nitrogen and oxygen atoms in total. The Bertz CT molecular complexity index is 1000. The van der Waals surface area contributed by atoms with Gasteiger partial charge in [-0.05, 0) is 43.3 Å². The number of nitrogens with zero attached hydrogens (tertiary/aromatic N) is 3. The number of pyridine rings is 2. The molecular formula is C21H18N4O2S. The van der Waals surface area contributed by atoms with Gasteiger partial charge in [-0.1, -0.05) is 23.9 Å². The molecule has 140 valence electrons. The van der Waals surface area contributed by atoms with Crippen LogP contribution in [0, 0.1) is 11.3 Å². The van der Waals surface area contributed by atoms with E-state index in [2.05, 4.69) is 21.4 Å². The van der Waals surface area contributed by atoms with Crippen LogP contribution in [0.2, 0.25) is 0 Å². The molecule has 0 fully saturated rings. The molecular weight excluding hydrogens is 372 g/mol. The van der Waals surface area contributed by atoms with Gasteiger partial charge in [0, 0.05) is 18.0 Å². The van der Waals surface area contributed by atoms with Crippen LogP contribution >= 0.6 is 11.8 Å². The number of hydrogen-bond donors (Lipinski definition) is 1. The Balaban J connectivity index is 1.69. The van der Waals surface area contributed by atoms with Crippen LogP contribution in [0.15, 0.2) is 65.8 Å². The van der Waals surface area contributed by atoms with Gasteiger partial charge in [-0.2, -0.15) is 5.26 Å². The smallest absolute Gasteiger partial charge is 0.234 e. The SMILES string of the molecule is CCOc1cccc(NC(=O)CSc2nc(-c3ccccn3)ccc2C#N)c1. The second-order valence-corrected chi connectivity index (χ2v) is 6.64. The topological polar surface area (TPSA) is 87.9 Å². The Hall–Kier alpha value is -3.37. The summed E-state index contributed by atoms with van der Waals surface area (Å²) in [5.74, 6) is 0.642. The van der Waals surface area contributed by atoms with E-state index in [-0.39, 0.29) is 11.7 Å². The molecule has 0 bridgehead atoms. The van der Waals surface area contributed by atoms with Crippen LogP contribution in [0.3, 0.4) is 0 Å². The van der Waals surface area contributed by atoms with Crippen LogP contribution < -0.4 is 10.1 Å². The van der Waals surface area contributed by atoms with E-state index in [1.807, 2.05) is 37.3 Å². The van der Waals surface area contributed by atoms with E-state index >= 15 is 0 Å². The molecule has 3 rings (SSSR count). The number of nitriles is 1. The van der Waals surface area contributed by atoms with Crippen molar-refractivity contribution < 1.29 is 9.53 Å². The summed E-state index contributed by atoms with van der Waals surface area (Å²) in [5.41, 5.74) is 2.46. The molecule has 0 saturated heterocycles. The first-order chi connectivity index (χ1) is 13.7. The molecule has 0 aliphatic carbocycles. The number of carbonyl (C=O) groups is 1. The average Bonchev–Trinajstić information content (AvgIpc) is 2.73. The number of anilines is 1. The van der Waals surface area contributed by atoms with Gasteiger partial charge >= 0.3 is 0 Å². The minimum Gasteiger partial charge on any atom is -0.494 e. The zero-order chi connectivity index (χ0) is 19.8. The number of benzene rings is 1. The molecule has 2 heterocycles. The van der Waals surface area contributed by atoms with E-state index in [0.717, 1.165) is 0 Å². The predicted molar refractivity (Wildman–Crippen MR) is 109 cm³/mol. The maximum Gasteiger partial charge on any atom is 0.234 e. The fraction of sp³-hybridized carbons (Fsp3) is 0.143. The van der Waals surface area contributed by atoms with Crippen LogP contribution in [-0.4, -0.2) is 28.2 Å². The molecule has 1 amide bonds. The molecule has 0 atom stereocenters. The third-order valence-corrected chi connectivity index (χ3v) is 4.67. The Morgan fingerprint density at radius 2 is 2.07 bits per heavy atom. The standard InChI is InChI=1S/C21H18N4O2S/c1-2-27-17-7-5-6-16(12-17)24-20(26)14-28-21-15(13-22)9-10-19(25-21)18-8-3-4-11-23-18/h3-12H,2,14H2,1H3,(H,24,26). The normalized spacial score (nSPS) is 10.1. The number of ether oxygens (including phenoxy) is 1. The van der Waals surface area contributed by atoms with Crippen LogP contribution in [0.25, 0.3) is 11.4 Å². The zero-order valence-electron chi connectivity index (χ0n) is 15.3. The fourth-order valence-electron chi connectivity index (χ4n) is 2.45. The molecule has 7 heteroatoms. The van der Waals surface area contributed by atoms with Crippen molar-refractivity contribution in [1.82, 2.24) is 9.97 Å². The fourth-order valence-corrected chi connectivity index (χ4v) is 3.23. The van der Waals surface area contributed by atoms with Crippen molar-refractivity contribution in [3.63, 3.8) is 0 Å². The van der Waals surface area contributed by atoms with E-state index in [4.69, 9.17) is 4.74 Å². The lowest BCUT2D eigenvalue weighted by atomic mass is 10.2. The lowest BCUT2D eigenvalue weighted by Crippen LogP contribution is -2.14. The van der Waals surface area contributed by atoms with Crippen LogP contribution in [0.1, 0.15) is 12.5 Å². The van der Waals surface area contributed by atoms with Gasteiger partial charge in [0.15, 0.2) is 0 Å². The third kappa shape index (κ3) is 5.09. The van der Waals surface area contributed by atoms with Gasteiger partial charge in [0.1, 0.15) is 16.8 Å². The number of amides is 1. The molecule has 0 radical (unpaired) electrons. The molecule has 28 heavy (non-hydrogen) atoms. The molecule has 2 aromatic heterocycles. The Morgan fingerprint density at radius 1 is 1.18 bits per heavy atom. The summed E-state index contributed by atoms with van der Waals surface area (Å²) in [6, 6.07) is 18.3. The number of hydrogen-bond acceptors (Lipinski definition) is 6. The average molecular weight is 390 g/mol. The predicted octanol–water partition coefficient (Wildman–Crippen LogP) is 4.14. The molecule has 0 aliphatic rings. The maximum atomic E-state index is 12.3. The van der Waals surface area contributed by atoms with Crippen molar-refractivity contribution in [2.75, 3.05) is 17.7 Å². The quantitative estimate of drug-likeness (QED) is 0.610. The van der Waals surface area contributed by atoms with Crippen molar-refractivity contribution >= 4 is 23.4 Å². The number of carbonyl (C=O) groups excluding carboxylic acids is 1. The minimum atomic E-state index is -0.187. The molecule has 3 aromatic rings. The number of aromatic nitrogens is 2. The van der Waals surface area contributed by atoms with Gasteiger partial charge in [0.2, 0.25) is 5.91 Å². The minimum absolute atomic E-state index is 0.131. The van der Waals surface area contributed by atoms with Crippen LogP contribution in [-0.2, 0) is 4.79 Å². The molecule has 0 spiro atoms. The van der Waals surface area contributed by atoms with E-state index in [1.165, 1.54) is 11.8 Å².